The van der Waals surface area contributed by atoms with E-state index in [-0.39, 0.29) is 17.3 Å². The molecule has 7 heteroatoms. The minimum atomic E-state index is -1.16. The van der Waals surface area contributed by atoms with Crippen molar-refractivity contribution in [2.75, 3.05) is 0 Å². The Balaban J connectivity index is 2.44. The number of rotatable bonds is 2. The SMILES string of the molecule is N#Cc1nccnc1Oc1cc(Br)cc(F)c1F. The number of nitrogens with zero attached hydrogens (tertiary/aromatic N) is 3. The maximum Gasteiger partial charge on any atom is 0.256 e. The number of nitriles is 1. The van der Waals surface area contributed by atoms with Gasteiger partial charge in [0.1, 0.15) is 6.07 Å². The van der Waals surface area contributed by atoms with E-state index in [0.29, 0.717) is 4.47 Å². The van der Waals surface area contributed by atoms with Gasteiger partial charge in [0.2, 0.25) is 11.5 Å². The van der Waals surface area contributed by atoms with Crippen LogP contribution in [0.15, 0.2) is 29.0 Å². The molecule has 0 saturated carbocycles. The fourth-order valence-corrected chi connectivity index (χ4v) is 1.60. The molecule has 4 nitrogen and oxygen atoms in total. The lowest BCUT2D eigenvalue weighted by Crippen LogP contribution is -1.97. The summed E-state index contributed by atoms with van der Waals surface area (Å²) in [5, 5.41) is 8.77. The van der Waals surface area contributed by atoms with E-state index < -0.39 is 11.6 Å². The van der Waals surface area contributed by atoms with Crippen LogP contribution in [0.4, 0.5) is 8.78 Å². The molecule has 2 aromatic rings. The molecule has 0 saturated heterocycles. The summed E-state index contributed by atoms with van der Waals surface area (Å²) in [6.45, 7) is 0. The first-order valence-electron chi connectivity index (χ1n) is 4.65. The molecule has 0 unspecified atom stereocenters. The Kier molecular flexibility index (Phi) is 3.48. The van der Waals surface area contributed by atoms with Gasteiger partial charge in [0.15, 0.2) is 11.6 Å². The molecule has 0 N–H and O–H groups in total. The summed E-state index contributed by atoms with van der Waals surface area (Å²) < 4.78 is 31.9. The number of benzene rings is 1. The summed E-state index contributed by atoms with van der Waals surface area (Å²) in [6, 6.07) is 3.93. The highest BCUT2D eigenvalue weighted by atomic mass is 79.9. The first-order valence-corrected chi connectivity index (χ1v) is 5.44. The van der Waals surface area contributed by atoms with Crippen LogP contribution >= 0.6 is 15.9 Å². The van der Waals surface area contributed by atoms with Crippen LogP contribution in [-0.4, -0.2) is 9.97 Å². The van der Waals surface area contributed by atoms with Gasteiger partial charge >= 0.3 is 0 Å². The van der Waals surface area contributed by atoms with Crippen molar-refractivity contribution in [2.24, 2.45) is 0 Å². The highest BCUT2D eigenvalue weighted by Crippen LogP contribution is 2.29. The molecule has 2 rings (SSSR count). The maximum atomic E-state index is 13.5. The second-order valence-corrected chi connectivity index (χ2v) is 4.04. The van der Waals surface area contributed by atoms with Crippen LogP contribution in [0.25, 0.3) is 0 Å². The molecule has 0 fully saturated rings. The molecule has 0 aliphatic carbocycles. The van der Waals surface area contributed by atoms with Gasteiger partial charge in [-0.3, -0.25) is 0 Å². The number of hydrogen-bond donors (Lipinski definition) is 0. The molecule has 0 radical (unpaired) electrons. The molecule has 0 bridgehead atoms. The Morgan fingerprint density at radius 3 is 2.67 bits per heavy atom. The third kappa shape index (κ3) is 2.43. The first kappa shape index (κ1) is 12.4. The lowest BCUT2D eigenvalue weighted by molar-refractivity contribution is 0.402. The Bertz CT molecular complexity index is 643. The second-order valence-electron chi connectivity index (χ2n) is 3.12. The fraction of sp³-hybridized carbons (Fsp3) is 0. The molecule has 0 aliphatic heterocycles. The quantitative estimate of drug-likeness (QED) is 0.799. The van der Waals surface area contributed by atoms with Crippen molar-refractivity contribution < 1.29 is 13.5 Å². The van der Waals surface area contributed by atoms with Crippen molar-refractivity contribution >= 4 is 15.9 Å². The predicted molar refractivity (Wildman–Crippen MR) is 60.9 cm³/mol. The van der Waals surface area contributed by atoms with Gasteiger partial charge in [-0.2, -0.15) is 9.65 Å². The van der Waals surface area contributed by atoms with E-state index in [4.69, 9.17) is 10.00 Å². The predicted octanol–water partition coefficient (Wildman–Crippen LogP) is 3.18. The minimum Gasteiger partial charge on any atom is -0.433 e. The van der Waals surface area contributed by atoms with Crippen LogP contribution in [0.5, 0.6) is 11.6 Å². The lowest BCUT2D eigenvalue weighted by Gasteiger charge is -2.07. The highest BCUT2D eigenvalue weighted by Gasteiger charge is 2.15. The topological polar surface area (TPSA) is 58.8 Å². The van der Waals surface area contributed by atoms with Crippen LogP contribution in [-0.2, 0) is 0 Å². The second kappa shape index (κ2) is 5.06. The molecule has 0 amide bonds. The molecule has 0 spiro atoms. The van der Waals surface area contributed by atoms with Gasteiger partial charge < -0.3 is 4.74 Å². The average molecular weight is 312 g/mol. The van der Waals surface area contributed by atoms with Crippen LogP contribution in [0.2, 0.25) is 0 Å². The molecular weight excluding hydrogens is 308 g/mol. The van der Waals surface area contributed by atoms with Crippen molar-refractivity contribution in [1.82, 2.24) is 9.97 Å². The summed E-state index contributed by atoms with van der Waals surface area (Å²) >= 11 is 3.01. The zero-order valence-corrected chi connectivity index (χ0v) is 10.3. The third-order valence-electron chi connectivity index (χ3n) is 1.94. The standard InChI is InChI=1S/C11H4BrF2N3O/c12-6-3-7(13)10(14)9(4-6)18-11-8(5-15)16-1-2-17-11/h1-4H. The van der Waals surface area contributed by atoms with E-state index >= 15 is 0 Å². The molecule has 0 atom stereocenters. The monoisotopic (exact) mass is 311 g/mol. The van der Waals surface area contributed by atoms with Gasteiger partial charge in [0.05, 0.1) is 0 Å². The normalized spacial score (nSPS) is 9.89. The van der Waals surface area contributed by atoms with Gasteiger partial charge in [-0.25, -0.2) is 14.4 Å². The summed E-state index contributed by atoms with van der Waals surface area (Å²) in [6.07, 6.45) is 2.58. The summed E-state index contributed by atoms with van der Waals surface area (Å²) in [5.41, 5.74) is -0.114. The number of hydrogen-bond acceptors (Lipinski definition) is 4. The van der Waals surface area contributed by atoms with Gasteiger partial charge in [0, 0.05) is 16.9 Å². The Hall–Kier alpha value is -2.07. The van der Waals surface area contributed by atoms with E-state index in [0.717, 1.165) is 6.07 Å². The van der Waals surface area contributed by atoms with Gasteiger partial charge in [-0.1, -0.05) is 15.9 Å². The first-order chi connectivity index (χ1) is 8.61. The Labute approximate surface area is 109 Å². The number of aromatic nitrogens is 2. The van der Waals surface area contributed by atoms with E-state index in [2.05, 4.69) is 25.9 Å². The zero-order chi connectivity index (χ0) is 13.1. The smallest absolute Gasteiger partial charge is 0.256 e. The van der Waals surface area contributed by atoms with Crippen LogP contribution in [0.1, 0.15) is 5.69 Å². The van der Waals surface area contributed by atoms with Crippen molar-refractivity contribution in [1.29, 1.82) is 5.26 Å². The number of ether oxygens (including phenoxy) is 1. The largest absolute Gasteiger partial charge is 0.433 e. The Morgan fingerprint density at radius 1 is 1.22 bits per heavy atom. The fourth-order valence-electron chi connectivity index (χ4n) is 1.19. The van der Waals surface area contributed by atoms with Gasteiger partial charge in [-0.15, -0.1) is 0 Å². The molecular formula is C11H4BrF2N3O. The minimum absolute atomic E-state index is 0.114. The van der Waals surface area contributed by atoms with Crippen LogP contribution in [0, 0.1) is 23.0 Å². The van der Waals surface area contributed by atoms with Crippen molar-refractivity contribution in [3.63, 3.8) is 0 Å². The molecule has 1 aromatic heterocycles. The molecule has 0 aliphatic rings. The molecule has 1 aromatic carbocycles. The summed E-state index contributed by atoms with van der Waals surface area (Å²) in [5.74, 6) is -2.79. The average Bonchev–Trinajstić information content (AvgIpc) is 2.36. The van der Waals surface area contributed by atoms with E-state index in [1.807, 2.05) is 0 Å². The third-order valence-corrected chi connectivity index (χ3v) is 2.39. The molecule has 1 heterocycles. The summed E-state index contributed by atoms with van der Waals surface area (Å²) in [7, 11) is 0. The van der Waals surface area contributed by atoms with E-state index in [1.165, 1.54) is 18.5 Å². The zero-order valence-electron chi connectivity index (χ0n) is 8.69. The maximum absolute atomic E-state index is 13.5. The molecule has 90 valence electrons. The Morgan fingerprint density at radius 2 is 1.94 bits per heavy atom. The van der Waals surface area contributed by atoms with Crippen molar-refractivity contribution in [3.05, 3.63) is 46.3 Å². The van der Waals surface area contributed by atoms with E-state index in [1.54, 1.807) is 6.07 Å². The molecule has 18 heavy (non-hydrogen) atoms. The number of halogens is 3. The van der Waals surface area contributed by atoms with Crippen LogP contribution < -0.4 is 4.74 Å². The van der Waals surface area contributed by atoms with Gasteiger partial charge in [0.25, 0.3) is 5.88 Å². The summed E-state index contributed by atoms with van der Waals surface area (Å²) in [4.78, 5) is 7.42. The van der Waals surface area contributed by atoms with Gasteiger partial charge in [-0.05, 0) is 12.1 Å². The van der Waals surface area contributed by atoms with Crippen molar-refractivity contribution in [3.8, 4) is 17.7 Å². The van der Waals surface area contributed by atoms with E-state index in [9.17, 15) is 8.78 Å². The lowest BCUT2D eigenvalue weighted by atomic mass is 10.3. The van der Waals surface area contributed by atoms with Crippen molar-refractivity contribution in [2.45, 2.75) is 0 Å². The van der Waals surface area contributed by atoms with Crippen LogP contribution in [0.3, 0.4) is 0 Å². The highest BCUT2D eigenvalue weighted by molar-refractivity contribution is 9.10.